The lowest BCUT2D eigenvalue weighted by molar-refractivity contribution is 0.0745. The Balaban J connectivity index is 2.17. The van der Waals surface area contributed by atoms with Crippen LogP contribution in [0.15, 0.2) is 36.4 Å². The summed E-state index contributed by atoms with van der Waals surface area (Å²) in [6.45, 7) is 4.11. The zero-order chi connectivity index (χ0) is 14.0. The molecular formula is C15H18N2OS. The van der Waals surface area contributed by atoms with Gasteiger partial charge < -0.3 is 10.6 Å². The molecule has 0 saturated carbocycles. The SMILES string of the molecule is Cc1ccc(C(C)N(C)C(=O)c2ccc(N)cc2)s1. The van der Waals surface area contributed by atoms with Gasteiger partial charge in [-0.15, -0.1) is 11.3 Å². The lowest BCUT2D eigenvalue weighted by Gasteiger charge is -2.24. The molecule has 0 fully saturated rings. The van der Waals surface area contributed by atoms with Crippen LogP contribution in [-0.2, 0) is 0 Å². The minimum Gasteiger partial charge on any atom is -0.399 e. The van der Waals surface area contributed by atoms with E-state index in [9.17, 15) is 4.79 Å². The second-order valence-electron chi connectivity index (χ2n) is 4.66. The van der Waals surface area contributed by atoms with Crippen LogP contribution in [0, 0.1) is 6.92 Å². The highest BCUT2D eigenvalue weighted by molar-refractivity contribution is 7.12. The highest BCUT2D eigenvalue weighted by Crippen LogP contribution is 2.27. The maximum absolute atomic E-state index is 12.4. The van der Waals surface area contributed by atoms with E-state index in [4.69, 9.17) is 5.73 Å². The molecular weight excluding hydrogens is 256 g/mol. The van der Waals surface area contributed by atoms with Crippen molar-refractivity contribution in [1.29, 1.82) is 0 Å². The van der Waals surface area contributed by atoms with Crippen LogP contribution in [0.3, 0.4) is 0 Å². The van der Waals surface area contributed by atoms with Crippen LogP contribution in [0.5, 0.6) is 0 Å². The van der Waals surface area contributed by atoms with E-state index in [0.29, 0.717) is 11.3 Å². The van der Waals surface area contributed by atoms with Gasteiger partial charge in [0.2, 0.25) is 0 Å². The number of carbonyl (C=O) groups is 1. The smallest absolute Gasteiger partial charge is 0.254 e. The Kier molecular flexibility index (Phi) is 3.90. The molecule has 3 nitrogen and oxygen atoms in total. The van der Waals surface area contributed by atoms with Gasteiger partial charge in [0.15, 0.2) is 0 Å². The first kappa shape index (κ1) is 13.6. The summed E-state index contributed by atoms with van der Waals surface area (Å²) < 4.78 is 0. The third-order valence-corrected chi connectivity index (χ3v) is 4.40. The van der Waals surface area contributed by atoms with Crippen molar-refractivity contribution >= 4 is 22.9 Å². The molecule has 2 N–H and O–H groups in total. The quantitative estimate of drug-likeness (QED) is 0.871. The van der Waals surface area contributed by atoms with E-state index in [-0.39, 0.29) is 11.9 Å². The zero-order valence-electron chi connectivity index (χ0n) is 11.4. The van der Waals surface area contributed by atoms with Crippen molar-refractivity contribution in [3.05, 3.63) is 51.7 Å². The Morgan fingerprint density at radius 1 is 1.21 bits per heavy atom. The standard InChI is InChI=1S/C15H18N2OS/c1-10-4-9-14(19-10)11(2)17(3)15(18)12-5-7-13(16)8-6-12/h4-9,11H,16H2,1-3H3. The van der Waals surface area contributed by atoms with E-state index in [1.807, 2.05) is 14.0 Å². The topological polar surface area (TPSA) is 46.3 Å². The van der Waals surface area contributed by atoms with Crippen LogP contribution in [0.25, 0.3) is 0 Å². The summed E-state index contributed by atoms with van der Waals surface area (Å²) in [6.07, 6.45) is 0. The Bertz CT molecular complexity index is 574. The summed E-state index contributed by atoms with van der Waals surface area (Å²) in [6, 6.07) is 11.3. The second kappa shape index (κ2) is 5.45. The van der Waals surface area contributed by atoms with Gasteiger partial charge in [-0.05, 0) is 50.2 Å². The fourth-order valence-corrected chi connectivity index (χ4v) is 2.85. The number of amides is 1. The number of nitrogens with zero attached hydrogens (tertiary/aromatic N) is 1. The van der Waals surface area contributed by atoms with Gasteiger partial charge in [-0.2, -0.15) is 0 Å². The first-order valence-electron chi connectivity index (χ1n) is 6.18. The number of aryl methyl sites for hydroxylation is 1. The third kappa shape index (κ3) is 2.96. The highest BCUT2D eigenvalue weighted by atomic mass is 32.1. The predicted octanol–water partition coefficient (Wildman–Crippen LogP) is 3.47. The summed E-state index contributed by atoms with van der Waals surface area (Å²) in [5, 5.41) is 0. The minimum absolute atomic E-state index is 0.0125. The predicted molar refractivity (Wildman–Crippen MR) is 80.4 cm³/mol. The van der Waals surface area contributed by atoms with E-state index >= 15 is 0 Å². The van der Waals surface area contributed by atoms with Crippen LogP contribution >= 0.6 is 11.3 Å². The van der Waals surface area contributed by atoms with Crippen LogP contribution in [0.2, 0.25) is 0 Å². The monoisotopic (exact) mass is 274 g/mol. The van der Waals surface area contributed by atoms with Crippen molar-refractivity contribution in [3.8, 4) is 0 Å². The van der Waals surface area contributed by atoms with Gasteiger partial charge >= 0.3 is 0 Å². The Hall–Kier alpha value is -1.81. The van der Waals surface area contributed by atoms with E-state index in [0.717, 1.165) is 0 Å². The largest absolute Gasteiger partial charge is 0.399 e. The molecule has 0 aliphatic carbocycles. The van der Waals surface area contributed by atoms with Gasteiger partial charge in [0.25, 0.3) is 5.91 Å². The van der Waals surface area contributed by atoms with Gasteiger partial charge in [0.1, 0.15) is 0 Å². The molecule has 0 aliphatic heterocycles. The van der Waals surface area contributed by atoms with Crippen LogP contribution in [-0.4, -0.2) is 17.9 Å². The summed E-state index contributed by atoms with van der Waals surface area (Å²) in [4.78, 5) is 16.6. The average Bonchev–Trinajstić information content (AvgIpc) is 2.84. The van der Waals surface area contributed by atoms with Crippen molar-refractivity contribution in [3.63, 3.8) is 0 Å². The maximum atomic E-state index is 12.4. The number of benzene rings is 1. The molecule has 1 atom stereocenters. The summed E-state index contributed by atoms with van der Waals surface area (Å²) in [7, 11) is 1.83. The van der Waals surface area contributed by atoms with Crippen molar-refractivity contribution in [1.82, 2.24) is 4.90 Å². The molecule has 0 bridgehead atoms. The highest BCUT2D eigenvalue weighted by Gasteiger charge is 2.19. The van der Waals surface area contributed by atoms with Crippen LogP contribution in [0.4, 0.5) is 5.69 Å². The van der Waals surface area contributed by atoms with Gasteiger partial charge in [-0.3, -0.25) is 4.79 Å². The molecule has 4 heteroatoms. The molecule has 1 amide bonds. The second-order valence-corrected chi connectivity index (χ2v) is 5.98. The molecule has 1 unspecified atom stereocenters. The molecule has 0 saturated heterocycles. The first-order valence-corrected chi connectivity index (χ1v) is 6.99. The molecule has 1 aromatic carbocycles. The van der Waals surface area contributed by atoms with Crippen molar-refractivity contribution in [2.45, 2.75) is 19.9 Å². The van der Waals surface area contributed by atoms with E-state index < -0.39 is 0 Å². The van der Waals surface area contributed by atoms with E-state index in [1.54, 1.807) is 40.5 Å². The molecule has 100 valence electrons. The van der Waals surface area contributed by atoms with Crippen LogP contribution < -0.4 is 5.73 Å². The molecule has 0 spiro atoms. The molecule has 0 radical (unpaired) electrons. The fraction of sp³-hybridized carbons (Fsp3) is 0.267. The number of nitrogens with two attached hydrogens (primary N) is 1. The van der Waals surface area contributed by atoms with Crippen molar-refractivity contribution < 1.29 is 4.79 Å². The lowest BCUT2D eigenvalue weighted by atomic mass is 10.1. The molecule has 2 aromatic rings. The maximum Gasteiger partial charge on any atom is 0.254 e. The number of thiophene rings is 1. The third-order valence-electron chi connectivity index (χ3n) is 3.23. The molecule has 1 heterocycles. The molecule has 2 rings (SSSR count). The molecule has 0 aliphatic rings. The summed E-state index contributed by atoms with van der Waals surface area (Å²) in [5.41, 5.74) is 6.96. The van der Waals surface area contributed by atoms with Gasteiger partial charge in [0, 0.05) is 28.1 Å². The number of nitrogen functional groups attached to an aromatic ring is 1. The van der Waals surface area contributed by atoms with Gasteiger partial charge in [-0.1, -0.05) is 0 Å². The number of carbonyl (C=O) groups excluding carboxylic acids is 1. The number of hydrogen-bond donors (Lipinski definition) is 1. The average molecular weight is 274 g/mol. The van der Waals surface area contributed by atoms with Crippen LogP contribution in [0.1, 0.15) is 33.1 Å². The number of anilines is 1. The Morgan fingerprint density at radius 3 is 2.37 bits per heavy atom. The van der Waals surface area contributed by atoms with E-state index in [2.05, 4.69) is 19.1 Å². The number of rotatable bonds is 3. The minimum atomic E-state index is 0.0125. The van der Waals surface area contributed by atoms with Gasteiger partial charge in [0.05, 0.1) is 6.04 Å². The fourth-order valence-electron chi connectivity index (χ4n) is 1.87. The first-order chi connectivity index (χ1) is 8.99. The normalized spacial score (nSPS) is 12.2. The van der Waals surface area contributed by atoms with Crippen molar-refractivity contribution in [2.24, 2.45) is 0 Å². The molecule has 19 heavy (non-hydrogen) atoms. The zero-order valence-corrected chi connectivity index (χ0v) is 12.2. The Labute approximate surface area is 117 Å². The van der Waals surface area contributed by atoms with E-state index in [1.165, 1.54) is 9.75 Å². The van der Waals surface area contributed by atoms with Gasteiger partial charge in [-0.25, -0.2) is 0 Å². The van der Waals surface area contributed by atoms with Crippen molar-refractivity contribution in [2.75, 3.05) is 12.8 Å². The summed E-state index contributed by atoms with van der Waals surface area (Å²) >= 11 is 1.73. The number of hydrogen-bond acceptors (Lipinski definition) is 3. The lowest BCUT2D eigenvalue weighted by Crippen LogP contribution is -2.29. The summed E-state index contributed by atoms with van der Waals surface area (Å²) in [5.74, 6) is 0.0125. The molecule has 1 aromatic heterocycles. The Morgan fingerprint density at radius 2 is 1.84 bits per heavy atom.